The zero-order chi connectivity index (χ0) is 0. The molecule has 0 aromatic heterocycles. The Balaban J connectivity index is 0. The van der Waals surface area contributed by atoms with Crippen LogP contribution >= 0.6 is 25.9 Å². The zero-order valence-corrected chi connectivity index (χ0v) is 4.34. The second-order valence-electron chi connectivity index (χ2n) is 0. The Morgan fingerprint density at radius 2 is 1.00 bits per heavy atom. The third-order valence-electron chi connectivity index (χ3n) is 0. The standard InChI is InChI=1S/CH4.ClH.FH.H3N.H2O.H2S/h1H4;2*1H;1H3;2*1H2. The Bertz CT molecular complexity index is 15.5. The predicted octanol–water partition coefficient (Wildman–Crippen LogP) is 0.660. The summed E-state index contributed by atoms with van der Waals surface area (Å²) in [5.41, 5.74) is 0. The van der Waals surface area contributed by atoms with E-state index < -0.39 is 0 Å². The molecule has 0 aliphatic carbocycles. The fourth-order valence-corrected chi connectivity index (χ4v) is 0. The Labute approximate surface area is 50.4 Å². The highest BCUT2D eigenvalue weighted by Crippen LogP contribution is 0.690. The molecule has 0 unspecified atom stereocenters. The van der Waals surface area contributed by atoms with Gasteiger partial charge in [0.2, 0.25) is 0 Å². The number of halogens is 2. The molecule has 2 nitrogen and oxygen atoms in total. The molecule has 0 aromatic rings. The maximum atomic E-state index is 0. The van der Waals surface area contributed by atoms with Crippen LogP contribution in [-0.4, -0.2) is 5.48 Å². The van der Waals surface area contributed by atoms with Crippen molar-refractivity contribution in [3.63, 3.8) is 0 Å². The van der Waals surface area contributed by atoms with E-state index in [1.165, 1.54) is 0 Å². The molecule has 0 saturated heterocycles. The summed E-state index contributed by atoms with van der Waals surface area (Å²) in [4.78, 5) is 0. The van der Waals surface area contributed by atoms with Crippen molar-refractivity contribution in [3.05, 3.63) is 0 Å². The molecule has 6 heavy (non-hydrogen) atoms. The molecule has 0 radical (unpaired) electrons. The van der Waals surface area contributed by atoms with Crippen LogP contribution in [0, 0.1) is 0 Å². The Hall–Kier alpha value is 0.490. The van der Waals surface area contributed by atoms with Crippen molar-refractivity contribution < 1.29 is 10.2 Å². The molecule has 0 heterocycles. The molecular formula is CH13ClFNOS. The first-order valence-corrected chi connectivity index (χ1v) is 0. The molecule has 0 aromatic carbocycles. The van der Waals surface area contributed by atoms with Crippen molar-refractivity contribution in [2.45, 2.75) is 7.43 Å². The fourth-order valence-electron chi connectivity index (χ4n) is 0. The van der Waals surface area contributed by atoms with Gasteiger partial charge in [0.1, 0.15) is 0 Å². The first-order valence-electron chi connectivity index (χ1n) is 0. The largest absolute Gasteiger partial charge is 0.412 e. The van der Waals surface area contributed by atoms with Gasteiger partial charge in [-0.05, 0) is 0 Å². The molecule has 0 aliphatic rings. The van der Waals surface area contributed by atoms with Crippen LogP contribution in [0.2, 0.25) is 0 Å². The van der Waals surface area contributed by atoms with Crippen LogP contribution in [-0.2, 0) is 0 Å². The van der Waals surface area contributed by atoms with Gasteiger partial charge in [0, 0.05) is 0 Å². The van der Waals surface area contributed by atoms with Gasteiger partial charge in [-0.2, -0.15) is 13.5 Å². The van der Waals surface area contributed by atoms with Gasteiger partial charge in [0.15, 0.2) is 0 Å². The molecule has 0 fully saturated rings. The molecule has 0 saturated carbocycles. The summed E-state index contributed by atoms with van der Waals surface area (Å²) in [6, 6.07) is 0. The number of rotatable bonds is 0. The van der Waals surface area contributed by atoms with E-state index in [1.807, 2.05) is 0 Å². The second kappa shape index (κ2) is 461. The van der Waals surface area contributed by atoms with E-state index in [4.69, 9.17) is 0 Å². The predicted molar refractivity (Wildman–Crippen MR) is 35.5 cm³/mol. The van der Waals surface area contributed by atoms with Gasteiger partial charge in [-0.25, -0.2) is 0 Å². The van der Waals surface area contributed by atoms with Crippen LogP contribution in [0.25, 0.3) is 0 Å². The van der Waals surface area contributed by atoms with E-state index in [0.717, 1.165) is 0 Å². The van der Waals surface area contributed by atoms with Crippen LogP contribution in [0.4, 0.5) is 4.70 Å². The quantitative estimate of drug-likeness (QED) is 0.529. The lowest BCUT2D eigenvalue weighted by atomic mass is 12.0. The zero-order valence-electron chi connectivity index (χ0n) is 2.52. The molecule has 5 N–H and O–H groups in total. The molecular weight excluding hydrogens is 129 g/mol. The average molecular weight is 142 g/mol. The topological polar surface area (TPSA) is 66.5 Å². The van der Waals surface area contributed by atoms with Crippen molar-refractivity contribution in [2.24, 2.45) is 0 Å². The highest BCUT2D eigenvalue weighted by Gasteiger charge is -0.0775. The molecule has 0 bridgehead atoms. The van der Waals surface area contributed by atoms with Gasteiger partial charge in [0.05, 0.1) is 0 Å². The van der Waals surface area contributed by atoms with Gasteiger partial charge in [-0.15, -0.1) is 12.4 Å². The summed E-state index contributed by atoms with van der Waals surface area (Å²) >= 11 is 0. The molecule has 0 atom stereocenters. The molecule has 0 rings (SSSR count). The normalized spacial score (nSPS) is 0. The van der Waals surface area contributed by atoms with Crippen molar-refractivity contribution in [3.8, 4) is 0 Å². The van der Waals surface area contributed by atoms with Crippen LogP contribution in [0.1, 0.15) is 7.43 Å². The lowest BCUT2D eigenvalue weighted by molar-refractivity contribution is 0.824. The summed E-state index contributed by atoms with van der Waals surface area (Å²) in [5.74, 6) is 0. The third-order valence-corrected chi connectivity index (χ3v) is 0. The van der Waals surface area contributed by atoms with Gasteiger partial charge in [-0.1, -0.05) is 7.43 Å². The number of hydrogen-bond acceptors (Lipinski definition) is 1. The summed E-state index contributed by atoms with van der Waals surface area (Å²) in [6.07, 6.45) is 0. The number of hydrogen-bond donors (Lipinski definition) is 1. The first-order chi connectivity index (χ1) is 0. The minimum atomic E-state index is 0. The van der Waals surface area contributed by atoms with Crippen molar-refractivity contribution >= 4 is 25.9 Å². The molecule has 0 amide bonds. The maximum Gasteiger partial charge on any atom is -0.0776 e. The van der Waals surface area contributed by atoms with E-state index in [0.29, 0.717) is 0 Å². The summed E-state index contributed by atoms with van der Waals surface area (Å²) in [7, 11) is 0. The van der Waals surface area contributed by atoms with Crippen molar-refractivity contribution in [2.75, 3.05) is 0 Å². The van der Waals surface area contributed by atoms with E-state index in [-0.39, 0.29) is 49.7 Å². The molecule has 0 spiro atoms. The van der Waals surface area contributed by atoms with E-state index in [2.05, 4.69) is 0 Å². The van der Waals surface area contributed by atoms with E-state index in [1.54, 1.807) is 0 Å². The highest BCUT2D eigenvalue weighted by atomic mass is 35.5. The molecule has 0 aliphatic heterocycles. The van der Waals surface area contributed by atoms with Gasteiger partial charge < -0.3 is 11.6 Å². The van der Waals surface area contributed by atoms with Gasteiger partial charge in [-0.3, -0.25) is 4.70 Å². The SMILES string of the molecule is C.Cl.F.N.O.S. The second-order valence-corrected chi connectivity index (χ2v) is 0. The summed E-state index contributed by atoms with van der Waals surface area (Å²) < 4.78 is 0. The lowest BCUT2D eigenvalue weighted by Gasteiger charge is -0.412. The summed E-state index contributed by atoms with van der Waals surface area (Å²) in [5, 5.41) is 0. The monoisotopic (exact) mass is 141 g/mol. The minimum absolute atomic E-state index is 0. The summed E-state index contributed by atoms with van der Waals surface area (Å²) in [6.45, 7) is 0. The van der Waals surface area contributed by atoms with E-state index in [9.17, 15) is 0 Å². The first kappa shape index (κ1) is 815. The van der Waals surface area contributed by atoms with Crippen LogP contribution in [0.5, 0.6) is 0 Å². The van der Waals surface area contributed by atoms with Crippen LogP contribution < -0.4 is 6.15 Å². The van der Waals surface area contributed by atoms with Gasteiger partial charge in [0.25, 0.3) is 0 Å². The Morgan fingerprint density at radius 3 is 1.00 bits per heavy atom. The minimum Gasteiger partial charge on any atom is -0.412 e. The fraction of sp³-hybridized carbons (Fsp3) is 1.00. The van der Waals surface area contributed by atoms with Gasteiger partial charge >= 0.3 is 0 Å². The molecule has 48 valence electrons. The average Bonchev–Trinajstić information content (AvgIpc) is 0. The van der Waals surface area contributed by atoms with E-state index >= 15 is 0 Å². The van der Waals surface area contributed by atoms with Crippen molar-refractivity contribution in [1.82, 2.24) is 6.15 Å². The van der Waals surface area contributed by atoms with Crippen LogP contribution in [0.3, 0.4) is 0 Å². The highest BCUT2D eigenvalue weighted by molar-refractivity contribution is 7.59. The third kappa shape index (κ3) is 228. The smallest absolute Gasteiger partial charge is 0.0776 e. The van der Waals surface area contributed by atoms with Crippen LogP contribution in [0.15, 0.2) is 0 Å². The Kier molecular flexibility index (Phi) is 62600. The Morgan fingerprint density at radius 1 is 1.00 bits per heavy atom. The lowest BCUT2D eigenvalue weighted by Crippen LogP contribution is -0.481. The maximum absolute atomic E-state index is 0. The van der Waals surface area contributed by atoms with Crippen molar-refractivity contribution in [1.29, 1.82) is 0 Å². The molecule has 5 heteroatoms.